The molecule has 0 unspecified atom stereocenters. The molecule has 1 amide bonds. The van der Waals surface area contributed by atoms with E-state index in [9.17, 15) is 14.4 Å². The van der Waals surface area contributed by atoms with Crippen molar-refractivity contribution in [2.24, 2.45) is 0 Å². The Morgan fingerprint density at radius 3 is 2.62 bits per heavy atom. The molecule has 0 bridgehead atoms. The van der Waals surface area contributed by atoms with Crippen LogP contribution in [0.1, 0.15) is 10.4 Å². The van der Waals surface area contributed by atoms with Crippen LogP contribution in [-0.2, 0) is 16.1 Å². The summed E-state index contributed by atoms with van der Waals surface area (Å²) in [5.41, 5.74) is 1.86. The van der Waals surface area contributed by atoms with Crippen molar-refractivity contribution < 1.29 is 14.3 Å². The zero-order chi connectivity index (χ0) is 23.7. The number of para-hydroxylation sites is 1. The molecule has 0 fully saturated rings. The predicted molar refractivity (Wildman–Crippen MR) is 127 cm³/mol. The second kappa shape index (κ2) is 8.62. The van der Waals surface area contributed by atoms with E-state index in [0.29, 0.717) is 11.2 Å². The Kier molecular flexibility index (Phi) is 5.35. The number of amides is 1. The molecule has 1 N–H and O–H groups in total. The van der Waals surface area contributed by atoms with Crippen molar-refractivity contribution in [1.29, 1.82) is 0 Å². The highest BCUT2D eigenvalue weighted by Gasteiger charge is 2.16. The van der Waals surface area contributed by atoms with Crippen LogP contribution in [0, 0.1) is 0 Å². The van der Waals surface area contributed by atoms with Gasteiger partial charge in [0.05, 0.1) is 24.1 Å². The molecule has 0 atom stereocenters. The first-order valence-corrected chi connectivity index (χ1v) is 10.5. The Bertz CT molecular complexity index is 1610. The molecule has 34 heavy (non-hydrogen) atoms. The average molecular weight is 453 g/mol. The van der Waals surface area contributed by atoms with Crippen LogP contribution in [0.5, 0.6) is 0 Å². The van der Waals surface area contributed by atoms with Crippen molar-refractivity contribution in [2.75, 3.05) is 12.4 Å². The van der Waals surface area contributed by atoms with Gasteiger partial charge in [-0.05, 0) is 29.0 Å². The SMILES string of the molecule is COC(=O)c1ccccc1NC(=O)Cn1ncn2nc(-c3cccc4ccccc34)cc2c1=O. The fourth-order valence-electron chi connectivity index (χ4n) is 3.84. The highest BCUT2D eigenvalue weighted by atomic mass is 16.5. The number of benzene rings is 3. The van der Waals surface area contributed by atoms with Gasteiger partial charge in [-0.2, -0.15) is 10.2 Å². The van der Waals surface area contributed by atoms with Crippen LogP contribution in [0.2, 0.25) is 0 Å². The number of carbonyl (C=O) groups excluding carboxylic acids is 2. The monoisotopic (exact) mass is 453 g/mol. The first-order valence-electron chi connectivity index (χ1n) is 10.5. The van der Waals surface area contributed by atoms with Gasteiger partial charge in [0.15, 0.2) is 0 Å². The number of esters is 1. The van der Waals surface area contributed by atoms with Crippen LogP contribution in [0.25, 0.3) is 27.5 Å². The van der Waals surface area contributed by atoms with Crippen LogP contribution in [0.15, 0.2) is 83.9 Å². The summed E-state index contributed by atoms with van der Waals surface area (Å²) in [6.07, 6.45) is 1.39. The Morgan fingerprint density at radius 1 is 1.00 bits per heavy atom. The van der Waals surface area contributed by atoms with Gasteiger partial charge in [-0.3, -0.25) is 9.59 Å². The van der Waals surface area contributed by atoms with Gasteiger partial charge in [-0.15, -0.1) is 0 Å². The number of fused-ring (bicyclic) bond motifs is 2. The van der Waals surface area contributed by atoms with Gasteiger partial charge in [0.25, 0.3) is 5.56 Å². The molecule has 5 rings (SSSR count). The Labute approximate surface area is 193 Å². The third-order valence-electron chi connectivity index (χ3n) is 5.46. The van der Waals surface area contributed by atoms with Crippen LogP contribution in [0.3, 0.4) is 0 Å². The van der Waals surface area contributed by atoms with Gasteiger partial charge < -0.3 is 10.1 Å². The van der Waals surface area contributed by atoms with Gasteiger partial charge >= 0.3 is 5.97 Å². The largest absolute Gasteiger partial charge is 0.465 e. The van der Waals surface area contributed by atoms with Gasteiger partial charge in [0.1, 0.15) is 18.4 Å². The van der Waals surface area contributed by atoms with E-state index in [0.717, 1.165) is 21.0 Å². The summed E-state index contributed by atoms with van der Waals surface area (Å²) in [5, 5.41) is 13.3. The standard InChI is InChI=1S/C25H19N5O4/c1-34-25(33)19-10-4-5-12-20(19)27-23(31)14-29-24(32)22-13-21(28-30(22)15-26-29)18-11-6-8-16-7-2-3-9-17(16)18/h2-13,15H,14H2,1H3,(H,27,31). The highest BCUT2D eigenvalue weighted by Crippen LogP contribution is 2.27. The normalized spacial score (nSPS) is 11.0. The lowest BCUT2D eigenvalue weighted by atomic mass is 10.0. The minimum atomic E-state index is -0.576. The van der Waals surface area contributed by atoms with E-state index >= 15 is 0 Å². The number of anilines is 1. The van der Waals surface area contributed by atoms with Crippen molar-refractivity contribution in [3.63, 3.8) is 0 Å². The van der Waals surface area contributed by atoms with E-state index < -0.39 is 17.4 Å². The van der Waals surface area contributed by atoms with E-state index in [1.807, 2.05) is 42.5 Å². The number of carbonyl (C=O) groups is 2. The van der Waals surface area contributed by atoms with E-state index in [-0.39, 0.29) is 17.8 Å². The quantitative estimate of drug-likeness (QED) is 0.410. The third-order valence-corrected chi connectivity index (χ3v) is 5.46. The summed E-state index contributed by atoms with van der Waals surface area (Å²) in [4.78, 5) is 37.6. The van der Waals surface area contributed by atoms with E-state index in [1.54, 1.807) is 30.3 Å². The van der Waals surface area contributed by atoms with Crippen molar-refractivity contribution in [3.05, 3.63) is 95.0 Å². The molecule has 2 heterocycles. The topological polar surface area (TPSA) is 108 Å². The van der Waals surface area contributed by atoms with E-state index in [4.69, 9.17) is 4.74 Å². The Balaban J connectivity index is 1.45. The number of hydrogen-bond donors (Lipinski definition) is 1. The lowest BCUT2D eigenvalue weighted by molar-refractivity contribution is -0.117. The summed E-state index contributed by atoms with van der Waals surface area (Å²) in [5.74, 6) is -1.09. The molecule has 0 aliphatic heterocycles. The van der Waals surface area contributed by atoms with Gasteiger partial charge in [0.2, 0.25) is 5.91 Å². The van der Waals surface area contributed by atoms with Crippen molar-refractivity contribution >= 4 is 33.9 Å². The summed E-state index contributed by atoms with van der Waals surface area (Å²) in [7, 11) is 1.26. The molecule has 0 spiro atoms. The number of rotatable bonds is 5. The molecule has 3 aromatic carbocycles. The Hall–Kier alpha value is -4.79. The number of nitrogens with zero attached hydrogens (tertiary/aromatic N) is 4. The molecule has 5 aromatic rings. The van der Waals surface area contributed by atoms with Crippen LogP contribution >= 0.6 is 0 Å². The van der Waals surface area contributed by atoms with Gasteiger partial charge in [0, 0.05) is 5.56 Å². The summed E-state index contributed by atoms with van der Waals surface area (Å²) in [6, 6.07) is 22.0. The summed E-state index contributed by atoms with van der Waals surface area (Å²) in [6.45, 7) is -0.334. The summed E-state index contributed by atoms with van der Waals surface area (Å²) >= 11 is 0. The Morgan fingerprint density at radius 2 is 1.76 bits per heavy atom. The second-order valence-electron chi connectivity index (χ2n) is 7.57. The molecule has 0 radical (unpaired) electrons. The van der Waals surface area contributed by atoms with Crippen LogP contribution < -0.4 is 10.9 Å². The molecule has 0 saturated carbocycles. The zero-order valence-electron chi connectivity index (χ0n) is 18.1. The number of nitrogens with one attached hydrogen (secondary N) is 1. The van der Waals surface area contributed by atoms with Crippen LogP contribution in [0.4, 0.5) is 5.69 Å². The van der Waals surface area contributed by atoms with Gasteiger partial charge in [-0.1, -0.05) is 54.6 Å². The van der Waals surface area contributed by atoms with E-state index in [1.165, 1.54) is 18.0 Å². The number of hydrogen-bond acceptors (Lipinski definition) is 6. The zero-order valence-corrected chi connectivity index (χ0v) is 18.1. The van der Waals surface area contributed by atoms with E-state index in [2.05, 4.69) is 15.5 Å². The molecular formula is C25H19N5O4. The maximum absolute atomic E-state index is 13.0. The molecule has 0 saturated heterocycles. The highest BCUT2D eigenvalue weighted by molar-refractivity contribution is 6.01. The van der Waals surface area contributed by atoms with Gasteiger partial charge in [-0.25, -0.2) is 14.0 Å². The number of aromatic nitrogens is 4. The minimum Gasteiger partial charge on any atom is -0.465 e. The molecule has 9 nitrogen and oxygen atoms in total. The average Bonchev–Trinajstić information content (AvgIpc) is 3.30. The first-order chi connectivity index (χ1) is 16.5. The molecule has 0 aliphatic carbocycles. The third kappa shape index (κ3) is 3.79. The maximum Gasteiger partial charge on any atom is 0.339 e. The molecular weight excluding hydrogens is 434 g/mol. The lowest BCUT2D eigenvalue weighted by Crippen LogP contribution is -2.31. The van der Waals surface area contributed by atoms with Crippen molar-refractivity contribution in [1.82, 2.24) is 19.4 Å². The fourth-order valence-corrected chi connectivity index (χ4v) is 3.84. The first kappa shape index (κ1) is 21.1. The molecule has 9 heteroatoms. The fraction of sp³-hybridized carbons (Fsp3) is 0.0800. The molecule has 168 valence electrons. The number of methoxy groups -OCH3 is 1. The smallest absolute Gasteiger partial charge is 0.339 e. The predicted octanol–water partition coefficient (Wildman–Crippen LogP) is 3.14. The van der Waals surface area contributed by atoms with Crippen molar-refractivity contribution in [2.45, 2.75) is 6.54 Å². The second-order valence-corrected chi connectivity index (χ2v) is 7.57. The molecule has 0 aliphatic rings. The summed E-state index contributed by atoms with van der Waals surface area (Å²) < 4.78 is 7.20. The lowest BCUT2D eigenvalue weighted by Gasteiger charge is -2.10. The van der Waals surface area contributed by atoms with Crippen LogP contribution in [-0.4, -0.2) is 38.4 Å². The van der Waals surface area contributed by atoms with Crippen molar-refractivity contribution in [3.8, 4) is 11.3 Å². The molecule has 2 aromatic heterocycles. The number of ether oxygens (including phenoxy) is 1. The minimum absolute atomic E-state index is 0.213. The maximum atomic E-state index is 13.0.